The number of aliphatic imine (C=N–C) groups is 1. The van der Waals surface area contributed by atoms with E-state index in [0.29, 0.717) is 13.0 Å². The standard InChI is InChI=1S/C17H31N5O2/c1-5-19-15(21-10-16(2,3)14(24)18-4)22-8-6-7-17(12-22)9-13(23)20-11-17/h5-12H2,1-4H3,(H,18,24)(H,19,21)(H,20,23). The summed E-state index contributed by atoms with van der Waals surface area (Å²) in [4.78, 5) is 30.6. The van der Waals surface area contributed by atoms with Gasteiger partial charge in [-0.15, -0.1) is 0 Å². The Morgan fingerprint density at radius 3 is 2.79 bits per heavy atom. The summed E-state index contributed by atoms with van der Waals surface area (Å²) in [6, 6.07) is 0. The molecular formula is C17H31N5O2. The number of nitrogens with zero attached hydrogens (tertiary/aromatic N) is 2. The van der Waals surface area contributed by atoms with Crippen molar-refractivity contribution in [2.45, 2.75) is 40.0 Å². The molecule has 24 heavy (non-hydrogen) atoms. The van der Waals surface area contributed by atoms with Crippen LogP contribution in [0.1, 0.15) is 40.0 Å². The SMILES string of the molecule is CCNC(=NCC(C)(C)C(=O)NC)N1CCCC2(CNC(=O)C2)C1. The fraction of sp³-hybridized carbons (Fsp3) is 0.824. The van der Waals surface area contributed by atoms with Crippen molar-refractivity contribution in [2.75, 3.05) is 39.8 Å². The molecule has 0 bridgehead atoms. The minimum absolute atomic E-state index is 0.0113. The number of nitrogens with one attached hydrogen (secondary N) is 3. The van der Waals surface area contributed by atoms with Gasteiger partial charge in [0, 0.05) is 45.1 Å². The van der Waals surface area contributed by atoms with Crippen molar-refractivity contribution in [3.05, 3.63) is 0 Å². The number of rotatable bonds is 4. The van der Waals surface area contributed by atoms with E-state index in [1.807, 2.05) is 20.8 Å². The minimum Gasteiger partial charge on any atom is -0.359 e. The predicted octanol–water partition coefficient (Wildman–Crippen LogP) is 0.326. The Balaban J connectivity index is 2.10. The largest absolute Gasteiger partial charge is 0.359 e. The molecule has 2 saturated heterocycles. The first-order valence-electron chi connectivity index (χ1n) is 8.84. The molecule has 2 amide bonds. The van der Waals surface area contributed by atoms with Crippen LogP contribution in [-0.2, 0) is 9.59 Å². The van der Waals surface area contributed by atoms with E-state index in [0.717, 1.165) is 45.0 Å². The van der Waals surface area contributed by atoms with E-state index in [9.17, 15) is 9.59 Å². The van der Waals surface area contributed by atoms with Gasteiger partial charge in [0.05, 0.1) is 12.0 Å². The van der Waals surface area contributed by atoms with Gasteiger partial charge in [0.2, 0.25) is 11.8 Å². The molecule has 0 aliphatic carbocycles. The highest BCUT2D eigenvalue weighted by Crippen LogP contribution is 2.36. The van der Waals surface area contributed by atoms with Gasteiger partial charge in [0.25, 0.3) is 0 Å². The molecule has 0 saturated carbocycles. The van der Waals surface area contributed by atoms with Crippen LogP contribution in [0.25, 0.3) is 0 Å². The van der Waals surface area contributed by atoms with Crippen LogP contribution in [0.3, 0.4) is 0 Å². The summed E-state index contributed by atoms with van der Waals surface area (Å²) in [5.74, 6) is 0.982. The number of hydrogen-bond acceptors (Lipinski definition) is 3. The van der Waals surface area contributed by atoms with Gasteiger partial charge in [0.1, 0.15) is 0 Å². The van der Waals surface area contributed by atoms with Crippen molar-refractivity contribution in [3.8, 4) is 0 Å². The Bertz CT molecular complexity index is 517. The third-order valence-electron chi connectivity index (χ3n) is 4.96. The van der Waals surface area contributed by atoms with Gasteiger partial charge < -0.3 is 20.9 Å². The number of carbonyl (C=O) groups excluding carboxylic acids is 2. The number of hydrogen-bond donors (Lipinski definition) is 3. The Morgan fingerprint density at radius 2 is 2.21 bits per heavy atom. The quantitative estimate of drug-likeness (QED) is 0.510. The van der Waals surface area contributed by atoms with Crippen molar-refractivity contribution < 1.29 is 9.59 Å². The molecule has 1 unspecified atom stereocenters. The third kappa shape index (κ3) is 4.19. The van der Waals surface area contributed by atoms with Crippen LogP contribution in [0.15, 0.2) is 4.99 Å². The topological polar surface area (TPSA) is 85.8 Å². The van der Waals surface area contributed by atoms with E-state index in [-0.39, 0.29) is 17.2 Å². The van der Waals surface area contributed by atoms with E-state index in [4.69, 9.17) is 4.99 Å². The Hall–Kier alpha value is -1.79. The second-order valence-electron chi connectivity index (χ2n) is 7.61. The summed E-state index contributed by atoms with van der Waals surface area (Å²) in [6.07, 6.45) is 2.73. The van der Waals surface area contributed by atoms with Crippen molar-refractivity contribution in [2.24, 2.45) is 15.8 Å². The predicted molar refractivity (Wildman–Crippen MR) is 94.7 cm³/mol. The molecule has 2 aliphatic rings. The highest BCUT2D eigenvalue weighted by Gasteiger charge is 2.42. The molecule has 1 atom stereocenters. The maximum atomic E-state index is 12.0. The molecule has 0 aromatic carbocycles. The van der Waals surface area contributed by atoms with Crippen LogP contribution < -0.4 is 16.0 Å². The molecule has 3 N–H and O–H groups in total. The van der Waals surface area contributed by atoms with E-state index in [1.165, 1.54) is 0 Å². The minimum atomic E-state index is -0.548. The number of likely N-dealkylation sites (tertiary alicyclic amines) is 1. The zero-order chi connectivity index (χ0) is 17.8. The number of guanidine groups is 1. The summed E-state index contributed by atoms with van der Waals surface area (Å²) in [5.41, 5.74) is -0.518. The van der Waals surface area contributed by atoms with Gasteiger partial charge in [0.15, 0.2) is 5.96 Å². The van der Waals surface area contributed by atoms with E-state index < -0.39 is 5.41 Å². The van der Waals surface area contributed by atoms with Gasteiger partial charge in [-0.1, -0.05) is 0 Å². The number of carbonyl (C=O) groups is 2. The van der Waals surface area contributed by atoms with Gasteiger partial charge in [-0.3, -0.25) is 14.6 Å². The molecule has 2 fully saturated rings. The summed E-state index contributed by atoms with van der Waals surface area (Å²) in [6.45, 7) is 9.56. The molecule has 7 heteroatoms. The van der Waals surface area contributed by atoms with Crippen LogP contribution >= 0.6 is 0 Å². The molecule has 0 radical (unpaired) electrons. The van der Waals surface area contributed by atoms with Gasteiger partial charge >= 0.3 is 0 Å². The lowest BCUT2D eigenvalue weighted by atomic mass is 9.79. The lowest BCUT2D eigenvalue weighted by Gasteiger charge is -2.41. The summed E-state index contributed by atoms with van der Waals surface area (Å²) >= 11 is 0. The summed E-state index contributed by atoms with van der Waals surface area (Å²) < 4.78 is 0. The molecule has 7 nitrogen and oxygen atoms in total. The lowest BCUT2D eigenvalue weighted by Crippen LogP contribution is -2.51. The van der Waals surface area contributed by atoms with Crippen molar-refractivity contribution >= 4 is 17.8 Å². The molecule has 136 valence electrons. The zero-order valence-corrected chi connectivity index (χ0v) is 15.4. The maximum Gasteiger partial charge on any atom is 0.227 e. The first-order chi connectivity index (χ1) is 11.3. The van der Waals surface area contributed by atoms with Crippen LogP contribution in [0.5, 0.6) is 0 Å². The van der Waals surface area contributed by atoms with Crippen LogP contribution in [0.2, 0.25) is 0 Å². The highest BCUT2D eigenvalue weighted by atomic mass is 16.2. The van der Waals surface area contributed by atoms with Gasteiger partial charge in [-0.25, -0.2) is 0 Å². The van der Waals surface area contributed by atoms with Gasteiger partial charge in [-0.2, -0.15) is 0 Å². The van der Waals surface area contributed by atoms with Crippen molar-refractivity contribution in [1.82, 2.24) is 20.9 Å². The average Bonchev–Trinajstić information content (AvgIpc) is 2.90. The van der Waals surface area contributed by atoms with E-state index in [2.05, 4.69) is 20.9 Å². The third-order valence-corrected chi connectivity index (χ3v) is 4.96. The van der Waals surface area contributed by atoms with Crippen molar-refractivity contribution in [1.29, 1.82) is 0 Å². The molecule has 2 aliphatic heterocycles. The monoisotopic (exact) mass is 337 g/mol. The van der Waals surface area contributed by atoms with Gasteiger partial charge in [-0.05, 0) is 33.6 Å². The lowest BCUT2D eigenvalue weighted by molar-refractivity contribution is -0.128. The Morgan fingerprint density at radius 1 is 1.46 bits per heavy atom. The van der Waals surface area contributed by atoms with E-state index in [1.54, 1.807) is 7.05 Å². The Kier molecular flexibility index (Phi) is 5.72. The van der Waals surface area contributed by atoms with Crippen LogP contribution in [0.4, 0.5) is 0 Å². The molecule has 2 heterocycles. The summed E-state index contributed by atoms with van der Waals surface area (Å²) in [5, 5.41) is 9.01. The number of amides is 2. The van der Waals surface area contributed by atoms with Crippen LogP contribution in [-0.4, -0.2) is 62.4 Å². The zero-order valence-electron chi connectivity index (χ0n) is 15.4. The van der Waals surface area contributed by atoms with E-state index >= 15 is 0 Å². The average molecular weight is 337 g/mol. The molecule has 1 spiro atoms. The highest BCUT2D eigenvalue weighted by molar-refractivity contribution is 5.84. The second-order valence-corrected chi connectivity index (χ2v) is 7.61. The normalized spacial score (nSPS) is 24.9. The second kappa shape index (κ2) is 7.40. The molecular weight excluding hydrogens is 306 g/mol. The molecule has 0 aromatic heterocycles. The summed E-state index contributed by atoms with van der Waals surface area (Å²) in [7, 11) is 1.65. The number of piperidine rings is 1. The maximum absolute atomic E-state index is 12.0. The fourth-order valence-corrected chi connectivity index (χ4v) is 3.54. The first kappa shape index (κ1) is 18.5. The smallest absolute Gasteiger partial charge is 0.227 e. The fourth-order valence-electron chi connectivity index (χ4n) is 3.54. The Labute approximate surface area is 144 Å². The van der Waals surface area contributed by atoms with Crippen LogP contribution in [0, 0.1) is 10.8 Å². The molecule has 0 aromatic rings. The molecule has 2 rings (SSSR count). The first-order valence-corrected chi connectivity index (χ1v) is 8.84. The van der Waals surface area contributed by atoms with Crippen molar-refractivity contribution in [3.63, 3.8) is 0 Å².